The number of hydrogen-bond donors (Lipinski definition) is 0. The van der Waals surface area contributed by atoms with E-state index >= 15 is 0 Å². The van der Waals surface area contributed by atoms with Gasteiger partial charge in [-0.05, 0) is 47.3 Å². The maximum atomic E-state index is 12.7. The smallest absolute Gasteiger partial charge is 0.141 e. The Morgan fingerprint density at radius 2 is 1.24 bits per heavy atom. The molecule has 0 heterocycles. The van der Waals surface area contributed by atoms with Crippen LogP contribution < -0.4 is 0 Å². The molecule has 6 rings (SSSR count). The van der Waals surface area contributed by atoms with E-state index in [-0.39, 0.29) is 33.5 Å². The van der Waals surface area contributed by atoms with E-state index in [1.807, 2.05) is 0 Å². The lowest BCUT2D eigenvalue weighted by Crippen LogP contribution is -2.60. The maximum absolute atomic E-state index is 12.7. The van der Waals surface area contributed by atoms with Crippen molar-refractivity contribution in [3.05, 3.63) is 23.4 Å². The summed E-state index contributed by atoms with van der Waals surface area (Å²) in [6.45, 7) is 21.5. The topological polar surface area (TPSA) is 34.1 Å². The van der Waals surface area contributed by atoms with Crippen LogP contribution in [-0.4, -0.2) is 19.6 Å². The van der Waals surface area contributed by atoms with Crippen LogP contribution in [0.25, 0.3) is 0 Å². The minimum Gasteiger partial charge on any atom is -0.299 e. The van der Waals surface area contributed by atoms with Gasteiger partial charge in [0.15, 0.2) is 0 Å². The summed E-state index contributed by atoms with van der Waals surface area (Å²) in [5, 5.41) is 1.55. The van der Waals surface area contributed by atoms with Gasteiger partial charge in [0.1, 0.15) is 11.6 Å². The largest absolute Gasteiger partial charge is 0.299 e. The minimum absolute atomic E-state index is 0.185. The Hall–Kier alpha value is -0.963. The third-order valence-corrected chi connectivity index (χ3v) is 14.3. The standard InChI is InChI=1S/C17H28OSi.C14H20O/c1-15(2)8-7-9-16(3)10-12(18)14-13(19(4,5)6)11-17(14,15)16;1-12(2)6-4-7-13(3)9-11(15)10-5-8-14(10,12)13/h11,14H,7-10H2,1-6H3;5,8,10H,4,6-7,9H2,1-3H3/t14-,16+,17+;10-,13-,14-/m01/s1. The number of Topliss-reactive ketones (excluding diaryl/α,β-unsaturated/α-hetero) is 2. The number of hydrogen-bond acceptors (Lipinski definition) is 2. The molecule has 34 heavy (non-hydrogen) atoms. The molecule has 4 saturated carbocycles. The van der Waals surface area contributed by atoms with Crippen LogP contribution in [0, 0.1) is 44.3 Å². The molecule has 6 atom stereocenters. The van der Waals surface area contributed by atoms with Crippen LogP contribution in [0.5, 0.6) is 0 Å². The molecule has 0 aliphatic heterocycles. The van der Waals surface area contributed by atoms with E-state index in [4.69, 9.17) is 0 Å². The molecule has 0 aromatic carbocycles. The van der Waals surface area contributed by atoms with Crippen molar-refractivity contribution in [2.75, 3.05) is 0 Å². The molecule has 188 valence electrons. The van der Waals surface area contributed by atoms with Crippen molar-refractivity contribution in [1.82, 2.24) is 0 Å². The van der Waals surface area contributed by atoms with Gasteiger partial charge in [0.25, 0.3) is 0 Å². The molecular formula is C31H48O2Si. The van der Waals surface area contributed by atoms with Gasteiger partial charge in [0.05, 0.1) is 8.07 Å². The van der Waals surface area contributed by atoms with Crippen molar-refractivity contribution in [3.8, 4) is 0 Å². The Kier molecular flexibility index (Phi) is 4.99. The van der Waals surface area contributed by atoms with Crippen LogP contribution in [0.3, 0.4) is 0 Å². The molecule has 6 aliphatic carbocycles. The molecule has 0 N–H and O–H groups in total. The zero-order chi connectivity index (χ0) is 25.2. The van der Waals surface area contributed by atoms with Crippen LogP contribution in [0.4, 0.5) is 0 Å². The summed E-state index contributed by atoms with van der Waals surface area (Å²) in [6.07, 6.45) is 16.4. The van der Waals surface area contributed by atoms with Crippen molar-refractivity contribution < 1.29 is 9.59 Å². The normalized spacial score (nSPS) is 47.1. The first-order valence-electron chi connectivity index (χ1n) is 14.0. The number of rotatable bonds is 1. The summed E-state index contributed by atoms with van der Waals surface area (Å²) < 4.78 is 0. The lowest BCUT2D eigenvalue weighted by Gasteiger charge is -2.64. The molecule has 0 bridgehead atoms. The Morgan fingerprint density at radius 3 is 1.71 bits per heavy atom. The summed E-state index contributed by atoms with van der Waals surface area (Å²) >= 11 is 0. The van der Waals surface area contributed by atoms with E-state index < -0.39 is 8.07 Å². The van der Waals surface area contributed by atoms with Gasteiger partial charge in [-0.2, -0.15) is 0 Å². The van der Waals surface area contributed by atoms with E-state index in [1.54, 1.807) is 5.20 Å². The highest BCUT2D eigenvalue weighted by atomic mass is 28.3. The highest BCUT2D eigenvalue weighted by Gasteiger charge is 2.73. The summed E-state index contributed by atoms with van der Waals surface area (Å²) in [6, 6.07) is 0. The minimum atomic E-state index is -1.34. The van der Waals surface area contributed by atoms with Crippen molar-refractivity contribution in [2.45, 2.75) is 113 Å². The molecule has 0 radical (unpaired) electrons. The van der Waals surface area contributed by atoms with Gasteiger partial charge in [-0.1, -0.05) is 97.4 Å². The molecule has 0 saturated heterocycles. The predicted octanol–water partition coefficient (Wildman–Crippen LogP) is 7.94. The molecule has 3 heteroatoms. The van der Waals surface area contributed by atoms with Gasteiger partial charge >= 0.3 is 0 Å². The van der Waals surface area contributed by atoms with Gasteiger partial charge in [0, 0.05) is 35.5 Å². The number of carbonyl (C=O) groups excluding carboxylic acids is 2. The lowest BCUT2D eigenvalue weighted by molar-refractivity contribution is -0.124. The van der Waals surface area contributed by atoms with E-state index in [2.05, 4.69) is 79.4 Å². The second kappa shape index (κ2) is 6.87. The molecule has 0 amide bonds. The van der Waals surface area contributed by atoms with E-state index in [1.165, 1.54) is 38.5 Å². The summed E-state index contributed by atoms with van der Waals surface area (Å²) in [7, 11) is -1.34. The third kappa shape index (κ3) is 2.69. The Balaban J connectivity index is 0.000000145. The zero-order valence-corrected chi connectivity index (χ0v) is 24.4. The van der Waals surface area contributed by atoms with Gasteiger partial charge in [0.2, 0.25) is 0 Å². The van der Waals surface area contributed by atoms with Gasteiger partial charge in [-0.25, -0.2) is 0 Å². The fourth-order valence-corrected chi connectivity index (χ4v) is 12.4. The van der Waals surface area contributed by atoms with Crippen LogP contribution >= 0.6 is 0 Å². The second-order valence-corrected chi connectivity index (χ2v) is 20.8. The van der Waals surface area contributed by atoms with Gasteiger partial charge in [-0.15, -0.1) is 0 Å². The number of ketones is 2. The highest BCUT2D eigenvalue weighted by molar-refractivity contribution is 6.83. The highest BCUT2D eigenvalue weighted by Crippen LogP contribution is 2.76. The lowest BCUT2D eigenvalue weighted by atomic mass is 9.42. The quantitative estimate of drug-likeness (QED) is 0.282. The van der Waals surface area contributed by atoms with Crippen molar-refractivity contribution in [3.63, 3.8) is 0 Å². The summed E-state index contributed by atoms with van der Waals surface area (Å²) in [5.74, 6) is 1.57. The van der Waals surface area contributed by atoms with Gasteiger partial charge < -0.3 is 0 Å². The molecule has 2 nitrogen and oxygen atoms in total. The van der Waals surface area contributed by atoms with Crippen LogP contribution in [0.1, 0.15) is 92.9 Å². The average Bonchev–Trinajstić information content (AvgIpc) is 2.83. The summed E-state index contributed by atoms with van der Waals surface area (Å²) in [4.78, 5) is 24.8. The Morgan fingerprint density at radius 1 is 0.735 bits per heavy atom. The van der Waals surface area contributed by atoms with E-state index in [0.717, 1.165) is 12.8 Å². The Bertz CT molecular complexity index is 1010. The fraction of sp³-hybridized carbons (Fsp3) is 0.806. The molecule has 6 aliphatic rings. The van der Waals surface area contributed by atoms with Crippen LogP contribution in [0.15, 0.2) is 23.4 Å². The molecule has 2 spiro atoms. The van der Waals surface area contributed by atoms with Gasteiger partial charge in [-0.3, -0.25) is 9.59 Å². The molecule has 0 aromatic rings. The molecule has 4 fully saturated rings. The third-order valence-electron chi connectivity index (χ3n) is 12.2. The average molecular weight is 481 g/mol. The first-order valence-corrected chi connectivity index (χ1v) is 17.5. The maximum Gasteiger partial charge on any atom is 0.141 e. The van der Waals surface area contributed by atoms with Crippen LogP contribution in [0.2, 0.25) is 19.6 Å². The first kappa shape index (κ1) is 24.7. The first-order chi connectivity index (χ1) is 15.5. The molecular weight excluding hydrogens is 432 g/mol. The fourth-order valence-electron chi connectivity index (χ4n) is 10.5. The zero-order valence-electron chi connectivity index (χ0n) is 23.4. The molecule has 0 unspecified atom stereocenters. The second-order valence-electron chi connectivity index (χ2n) is 15.7. The van der Waals surface area contributed by atoms with E-state index in [9.17, 15) is 9.59 Å². The summed E-state index contributed by atoms with van der Waals surface area (Å²) in [5.41, 5.74) is 1.48. The Labute approximate surface area is 209 Å². The predicted molar refractivity (Wildman–Crippen MR) is 143 cm³/mol. The SMILES string of the molecule is CC1(C)CCC[C@]2(C)CC(=O)[C@H]3C([Si](C)(C)C)=C[C@@]312.CC1(C)CCC[C@]2(C)CC(=O)[C@H]3C=C[C@@]312. The molecule has 0 aromatic heterocycles. The number of allylic oxidation sites excluding steroid dienone is 4. The van der Waals surface area contributed by atoms with E-state index in [0.29, 0.717) is 22.4 Å². The van der Waals surface area contributed by atoms with Crippen LogP contribution in [-0.2, 0) is 9.59 Å². The van der Waals surface area contributed by atoms with Crippen molar-refractivity contribution >= 4 is 19.6 Å². The van der Waals surface area contributed by atoms with Crippen molar-refractivity contribution in [1.29, 1.82) is 0 Å². The monoisotopic (exact) mass is 480 g/mol. The van der Waals surface area contributed by atoms with Crippen molar-refractivity contribution in [2.24, 2.45) is 44.3 Å². The number of carbonyl (C=O) groups is 2.